The molecule has 1 aromatic heterocycles. The minimum Gasteiger partial charge on any atom is -0.268 e. The van der Waals surface area contributed by atoms with Crippen molar-refractivity contribution in [1.29, 1.82) is 0 Å². The van der Waals surface area contributed by atoms with E-state index in [0.717, 1.165) is 4.90 Å². The Labute approximate surface area is 114 Å². The van der Waals surface area contributed by atoms with E-state index in [2.05, 4.69) is 4.98 Å². The summed E-state index contributed by atoms with van der Waals surface area (Å²) >= 11 is 5.95. The van der Waals surface area contributed by atoms with Gasteiger partial charge in [0.25, 0.3) is 11.8 Å². The van der Waals surface area contributed by atoms with E-state index in [-0.39, 0.29) is 17.6 Å². The number of aromatic nitrogens is 1. The first-order valence-corrected chi connectivity index (χ1v) is 6.08. The van der Waals surface area contributed by atoms with Gasteiger partial charge in [-0.3, -0.25) is 9.59 Å². The number of rotatable bonds is 1. The van der Waals surface area contributed by atoms with Gasteiger partial charge in [0.15, 0.2) is 0 Å². The molecule has 0 aliphatic carbocycles. The number of hydrogen-bond acceptors (Lipinski definition) is 3. The van der Waals surface area contributed by atoms with Gasteiger partial charge in [-0.15, -0.1) is 0 Å². The number of amides is 2. The molecule has 0 unspecified atom stereocenters. The van der Waals surface area contributed by atoms with Crippen LogP contribution in [-0.4, -0.2) is 16.8 Å². The van der Waals surface area contributed by atoms with Crippen LogP contribution in [0.5, 0.6) is 0 Å². The lowest BCUT2D eigenvalue weighted by molar-refractivity contribution is 0.0925. The Bertz CT molecular complexity index is 657. The van der Waals surface area contributed by atoms with Crippen LogP contribution in [0.25, 0.3) is 0 Å². The molecule has 0 saturated carbocycles. The number of halogens is 1. The van der Waals surface area contributed by atoms with Gasteiger partial charge in [0.2, 0.25) is 0 Å². The first-order valence-electron chi connectivity index (χ1n) is 5.70. The van der Waals surface area contributed by atoms with Gasteiger partial charge < -0.3 is 0 Å². The first-order chi connectivity index (χ1) is 9.08. The molecule has 2 heterocycles. The van der Waals surface area contributed by atoms with Crippen molar-refractivity contribution in [3.05, 3.63) is 58.2 Å². The zero-order chi connectivity index (χ0) is 13.6. The van der Waals surface area contributed by atoms with Gasteiger partial charge in [-0.2, -0.15) is 0 Å². The molecule has 4 nitrogen and oxygen atoms in total. The number of fused-ring (bicyclic) bond motifs is 1. The van der Waals surface area contributed by atoms with Crippen LogP contribution in [0.2, 0.25) is 5.02 Å². The normalized spacial score (nSPS) is 13.9. The summed E-state index contributed by atoms with van der Waals surface area (Å²) in [6.07, 6.45) is 0. The summed E-state index contributed by atoms with van der Waals surface area (Å²) < 4.78 is 0. The Kier molecular flexibility index (Phi) is 2.61. The van der Waals surface area contributed by atoms with Crippen LogP contribution >= 0.6 is 11.6 Å². The molecule has 1 aliphatic rings. The summed E-state index contributed by atoms with van der Waals surface area (Å²) in [5.74, 6) is -0.472. The average molecular weight is 273 g/mol. The number of carbonyl (C=O) groups is 2. The van der Waals surface area contributed by atoms with Crippen molar-refractivity contribution in [2.24, 2.45) is 0 Å². The number of pyridine rings is 1. The third-order valence-electron chi connectivity index (χ3n) is 2.93. The second-order valence-electron chi connectivity index (χ2n) is 4.28. The minimum absolute atomic E-state index is 0.260. The number of imide groups is 1. The monoisotopic (exact) mass is 272 g/mol. The van der Waals surface area contributed by atoms with Gasteiger partial charge >= 0.3 is 0 Å². The average Bonchev–Trinajstić information content (AvgIpc) is 2.61. The highest BCUT2D eigenvalue weighted by atomic mass is 35.5. The van der Waals surface area contributed by atoms with Crippen LogP contribution in [0.3, 0.4) is 0 Å². The van der Waals surface area contributed by atoms with Crippen molar-refractivity contribution < 1.29 is 9.59 Å². The Morgan fingerprint density at radius 1 is 1.05 bits per heavy atom. The Balaban J connectivity index is 2.14. The van der Waals surface area contributed by atoms with E-state index in [1.54, 1.807) is 37.3 Å². The standard InChI is InChI=1S/C14H9ClN2O2/c1-8-6-9(15)7-12(16-8)17-13(18)10-4-2-3-5-11(10)14(17)19/h2-7H,1H3. The smallest absolute Gasteiger partial charge is 0.267 e. The number of anilines is 1. The Hall–Kier alpha value is -2.20. The predicted octanol–water partition coefficient (Wildman–Crippen LogP) is 2.84. The zero-order valence-corrected chi connectivity index (χ0v) is 10.8. The molecule has 0 spiro atoms. The quantitative estimate of drug-likeness (QED) is 0.750. The highest BCUT2D eigenvalue weighted by Crippen LogP contribution is 2.28. The van der Waals surface area contributed by atoms with E-state index >= 15 is 0 Å². The molecule has 1 aliphatic heterocycles. The van der Waals surface area contributed by atoms with E-state index < -0.39 is 0 Å². The summed E-state index contributed by atoms with van der Waals surface area (Å²) in [5, 5.41) is 0.444. The van der Waals surface area contributed by atoms with E-state index in [9.17, 15) is 9.59 Å². The summed E-state index contributed by atoms with van der Waals surface area (Å²) in [4.78, 5) is 29.8. The number of carbonyl (C=O) groups excluding carboxylic acids is 2. The summed E-state index contributed by atoms with van der Waals surface area (Å²) in [6.45, 7) is 1.76. The highest BCUT2D eigenvalue weighted by molar-refractivity contribution is 6.35. The van der Waals surface area contributed by atoms with Crippen LogP contribution in [0.4, 0.5) is 5.82 Å². The lowest BCUT2D eigenvalue weighted by Gasteiger charge is -2.13. The molecule has 19 heavy (non-hydrogen) atoms. The van der Waals surface area contributed by atoms with Crippen LogP contribution in [0.15, 0.2) is 36.4 Å². The molecule has 0 radical (unpaired) electrons. The van der Waals surface area contributed by atoms with Crippen molar-refractivity contribution in [3.8, 4) is 0 Å². The molecule has 5 heteroatoms. The van der Waals surface area contributed by atoms with Gasteiger partial charge in [0.05, 0.1) is 11.1 Å². The van der Waals surface area contributed by atoms with Crippen molar-refractivity contribution in [2.75, 3.05) is 4.90 Å². The maximum Gasteiger partial charge on any atom is 0.267 e. The van der Waals surface area contributed by atoms with Gasteiger partial charge in [-0.1, -0.05) is 23.7 Å². The Morgan fingerprint density at radius 2 is 1.63 bits per heavy atom. The maximum absolute atomic E-state index is 12.3. The molecule has 0 N–H and O–H groups in total. The second-order valence-corrected chi connectivity index (χ2v) is 4.71. The molecule has 3 rings (SSSR count). The fraction of sp³-hybridized carbons (Fsp3) is 0.0714. The van der Waals surface area contributed by atoms with Crippen molar-refractivity contribution in [3.63, 3.8) is 0 Å². The number of benzene rings is 1. The molecular weight excluding hydrogens is 264 g/mol. The van der Waals surface area contributed by atoms with Crippen LogP contribution < -0.4 is 4.90 Å². The zero-order valence-electron chi connectivity index (χ0n) is 10.1. The van der Waals surface area contributed by atoms with E-state index in [0.29, 0.717) is 21.8 Å². The molecule has 0 fully saturated rings. The fourth-order valence-corrected chi connectivity index (χ4v) is 2.38. The predicted molar refractivity (Wildman–Crippen MR) is 71.6 cm³/mol. The fourth-order valence-electron chi connectivity index (χ4n) is 2.12. The number of hydrogen-bond donors (Lipinski definition) is 0. The maximum atomic E-state index is 12.3. The molecule has 0 saturated heterocycles. The first kappa shape index (κ1) is 11.9. The lowest BCUT2D eigenvalue weighted by Crippen LogP contribution is -2.30. The van der Waals surface area contributed by atoms with Gasteiger partial charge in [0, 0.05) is 16.8 Å². The van der Waals surface area contributed by atoms with Gasteiger partial charge in [-0.05, 0) is 25.1 Å². The van der Waals surface area contributed by atoms with Crippen molar-refractivity contribution in [1.82, 2.24) is 4.98 Å². The SMILES string of the molecule is Cc1cc(Cl)cc(N2C(=O)c3ccccc3C2=O)n1. The van der Waals surface area contributed by atoms with Crippen LogP contribution in [0, 0.1) is 6.92 Å². The summed E-state index contributed by atoms with van der Waals surface area (Å²) in [7, 11) is 0. The molecule has 94 valence electrons. The molecule has 0 bridgehead atoms. The van der Waals surface area contributed by atoms with Crippen molar-refractivity contribution >= 4 is 29.2 Å². The summed E-state index contributed by atoms with van der Waals surface area (Å²) in [6, 6.07) is 9.90. The topological polar surface area (TPSA) is 50.3 Å². The third kappa shape index (κ3) is 1.81. The van der Waals surface area contributed by atoms with Crippen LogP contribution in [-0.2, 0) is 0 Å². The van der Waals surface area contributed by atoms with E-state index in [1.165, 1.54) is 6.07 Å². The van der Waals surface area contributed by atoms with Gasteiger partial charge in [-0.25, -0.2) is 9.88 Å². The number of aryl methyl sites for hydroxylation is 1. The Morgan fingerprint density at radius 3 is 2.16 bits per heavy atom. The second kappa shape index (κ2) is 4.17. The third-order valence-corrected chi connectivity index (χ3v) is 3.15. The van der Waals surface area contributed by atoms with Crippen molar-refractivity contribution in [2.45, 2.75) is 6.92 Å². The van der Waals surface area contributed by atoms with E-state index in [4.69, 9.17) is 11.6 Å². The minimum atomic E-state index is -0.366. The molecule has 0 atom stereocenters. The molecule has 2 aromatic rings. The molecule has 2 amide bonds. The number of nitrogens with zero attached hydrogens (tertiary/aromatic N) is 2. The largest absolute Gasteiger partial charge is 0.268 e. The summed E-state index contributed by atoms with van der Waals surface area (Å²) in [5.41, 5.74) is 1.44. The lowest BCUT2D eigenvalue weighted by atomic mass is 10.1. The van der Waals surface area contributed by atoms with Gasteiger partial charge in [0.1, 0.15) is 5.82 Å². The molecule has 1 aromatic carbocycles. The highest BCUT2D eigenvalue weighted by Gasteiger charge is 2.37. The van der Waals surface area contributed by atoms with E-state index in [1.807, 2.05) is 0 Å². The molecular formula is C14H9ClN2O2. The van der Waals surface area contributed by atoms with Crippen LogP contribution in [0.1, 0.15) is 26.4 Å².